The van der Waals surface area contributed by atoms with Crippen LogP contribution in [0.25, 0.3) is 0 Å². The van der Waals surface area contributed by atoms with Gasteiger partial charge in [0.1, 0.15) is 16.5 Å². The molecule has 24 heavy (non-hydrogen) atoms. The summed E-state index contributed by atoms with van der Waals surface area (Å²) in [4.78, 5) is 12.8. The van der Waals surface area contributed by atoms with Crippen molar-refractivity contribution in [2.45, 2.75) is 11.4 Å². The van der Waals surface area contributed by atoms with E-state index in [1.165, 1.54) is 18.3 Å². The Morgan fingerprint density at radius 2 is 2.00 bits per heavy atom. The Balaban J connectivity index is 0.00000208. The maximum Gasteiger partial charge on any atom is 0.262 e. The van der Waals surface area contributed by atoms with Crippen molar-refractivity contribution in [3.63, 3.8) is 0 Å². The zero-order valence-corrected chi connectivity index (χ0v) is 17.0. The van der Waals surface area contributed by atoms with Gasteiger partial charge in [-0.2, -0.15) is 0 Å². The first-order valence-electron chi connectivity index (χ1n) is 6.79. The summed E-state index contributed by atoms with van der Waals surface area (Å²) in [6, 6.07) is 10.7. The Labute approximate surface area is 173 Å². The monoisotopic (exact) mass is 473 g/mol. The largest absolute Gasteiger partial charge is 0.508 e. The number of carbonyl (C=O) groups is 1. The third-order valence-electron chi connectivity index (χ3n) is 3.35. The van der Waals surface area contributed by atoms with Gasteiger partial charge >= 0.3 is 0 Å². The number of fused-ring (bicyclic) bond motifs is 1. The van der Waals surface area contributed by atoms with Crippen molar-refractivity contribution < 1.29 is 59.8 Å². The van der Waals surface area contributed by atoms with Crippen LogP contribution >= 0.6 is 0 Å². The molecule has 0 aromatic heterocycles. The second kappa shape index (κ2) is 8.18. The number of hydrogen-bond donors (Lipinski definition) is 3. The first kappa shape index (κ1) is 19.0. The summed E-state index contributed by atoms with van der Waals surface area (Å²) >= 11 is 0. The number of anilines is 1. The minimum absolute atomic E-state index is 0. The fourth-order valence-corrected chi connectivity index (χ4v) is 3.33. The molecule has 0 aliphatic carbocycles. The average molecular weight is 473 g/mol. The molecule has 1 unspecified atom stereocenters. The summed E-state index contributed by atoms with van der Waals surface area (Å²) in [6.45, 7) is -0.0683. The van der Waals surface area contributed by atoms with Crippen molar-refractivity contribution in [2.75, 3.05) is 5.32 Å². The fourth-order valence-electron chi connectivity index (χ4n) is 2.15. The van der Waals surface area contributed by atoms with E-state index in [0.717, 1.165) is 6.07 Å². The minimum atomic E-state index is -1.60. The van der Waals surface area contributed by atoms with Crippen molar-refractivity contribution in [1.29, 1.82) is 0 Å². The fraction of sp³-hybridized carbons (Fsp3) is 0.0625. The molecule has 0 fully saturated rings. The number of para-hydroxylation sites is 1. The van der Waals surface area contributed by atoms with Crippen molar-refractivity contribution in [2.24, 2.45) is 0 Å². The van der Waals surface area contributed by atoms with Crippen molar-refractivity contribution >= 4 is 22.4 Å². The molecule has 1 aliphatic rings. The molecule has 3 N–H and O–H groups in total. The molecule has 8 heteroatoms. The van der Waals surface area contributed by atoms with Gasteiger partial charge in [0.25, 0.3) is 5.91 Å². The molecule has 0 spiro atoms. The number of benzene rings is 2. The maximum atomic E-state index is 13.6. The standard InChI is InChI=1S/C16H13FN2O3S.Pr/c17-12-7-11(20)6-5-10(12)8-19-16(21)15-9-18-13-3-1-2-4-14(13)23(15)22;/h1-7,9,18,20H,8H2,(H,19,21);. The van der Waals surface area contributed by atoms with Crippen molar-refractivity contribution in [3.8, 4) is 5.75 Å². The van der Waals surface area contributed by atoms with Crippen LogP contribution in [-0.4, -0.2) is 15.2 Å². The van der Waals surface area contributed by atoms with E-state index in [-0.39, 0.29) is 64.1 Å². The Morgan fingerprint density at radius 1 is 1.25 bits per heavy atom. The summed E-state index contributed by atoms with van der Waals surface area (Å²) in [5.41, 5.74) is 0.915. The number of rotatable bonds is 3. The van der Waals surface area contributed by atoms with Crippen molar-refractivity contribution in [3.05, 3.63) is 65.0 Å². The average Bonchev–Trinajstić information content (AvgIpc) is 2.54. The number of halogens is 1. The van der Waals surface area contributed by atoms with Gasteiger partial charge < -0.3 is 15.7 Å². The summed E-state index contributed by atoms with van der Waals surface area (Å²) in [6.07, 6.45) is 1.39. The van der Waals surface area contributed by atoms with E-state index in [0.29, 0.717) is 10.6 Å². The Hall–Kier alpha value is -1.31. The quantitative estimate of drug-likeness (QED) is 0.639. The van der Waals surface area contributed by atoms with Gasteiger partial charge in [0.2, 0.25) is 0 Å². The molecule has 0 bridgehead atoms. The van der Waals surface area contributed by atoms with E-state index >= 15 is 0 Å². The van der Waals surface area contributed by atoms with E-state index in [4.69, 9.17) is 5.11 Å². The van der Waals surface area contributed by atoms with Crippen LogP contribution in [0.3, 0.4) is 0 Å². The number of phenolic OH excluding ortho intramolecular Hbond substituents is 1. The molecule has 2 aromatic carbocycles. The Morgan fingerprint density at radius 3 is 2.75 bits per heavy atom. The maximum absolute atomic E-state index is 13.6. The molecule has 0 saturated carbocycles. The molecular formula is C16H13FN2O3PrS. The molecular weight excluding hydrogens is 460 g/mol. The predicted octanol–water partition coefficient (Wildman–Crippen LogP) is 2.22. The summed E-state index contributed by atoms with van der Waals surface area (Å²) < 4.78 is 26.0. The normalized spacial score (nSPS) is 15.4. The summed E-state index contributed by atoms with van der Waals surface area (Å²) in [5.74, 6) is -1.35. The zero-order chi connectivity index (χ0) is 16.4. The predicted molar refractivity (Wildman–Crippen MR) is 84.5 cm³/mol. The smallest absolute Gasteiger partial charge is 0.262 e. The summed E-state index contributed by atoms with van der Waals surface area (Å²) in [7, 11) is -1.60. The third kappa shape index (κ3) is 4.02. The topological polar surface area (TPSA) is 78.4 Å². The number of carbonyl (C=O) groups excluding carboxylic acids is 1. The van der Waals surface area contributed by atoms with Gasteiger partial charge in [-0.3, -0.25) is 4.79 Å². The SMILES string of the molecule is O=C(NCc1ccc(O)cc1F)C1=CNc2ccccc2S1=O.[Pr]. The molecule has 5 nitrogen and oxygen atoms in total. The van der Waals surface area contributed by atoms with E-state index in [1.807, 2.05) is 0 Å². The Kier molecular flexibility index (Phi) is 6.49. The number of amides is 1. The van der Waals surface area contributed by atoms with Crippen molar-refractivity contribution in [1.82, 2.24) is 5.32 Å². The van der Waals surface area contributed by atoms with Gasteiger partial charge in [-0.1, -0.05) is 18.2 Å². The molecule has 1 heterocycles. The van der Waals surface area contributed by atoms with Gasteiger partial charge in [0.05, 0.1) is 21.4 Å². The van der Waals surface area contributed by atoms with Crippen LogP contribution in [-0.2, 0) is 22.1 Å². The molecule has 0 saturated heterocycles. The van der Waals surface area contributed by atoms with E-state index in [2.05, 4.69) is 10.6 Å². The van der Waals surface area contributed by atoms with Gasteiger partial charge in [0.15, 0.2) is 0 Å². The van der Waals surface area contributed by atoms with Gasteiger partial charge in [0, 0.05) is 65.7 Å². The number of aromatic hydroxyl groups is 1. The van der Waals surface area contributed by atoms with Gasteiger partial charge in [-0.15, -0.1) is 0 Å². The van der Waals surface area contributed by atoms with Gasteiger partial charge in [-0.25, -0.2) is 8.60 Å². The van der Waals surface area contributed by atoms with Crippen LogP contribution in [0, 0.1) is 47.1 Å². The van der Waals surface area contributed by atoms with E-state index in [1.54, 1.807) is 24.3 Å². The number of hydrogen-bond acceptors (Lipinski definition) is 4. The molecule has 1 radical (unpaired) electrons. The first-order chi connectivity index (χ1) is 11.1. The van der Waals surface area contributed by atoms with Crippen LogP contribution in [0.4, 0.5) is 10.1 Å². The molecule has 121 valence electrons. The van der Waals surface area contributed by atoms with Crippen LogP contribution in [0.1, 0.15) is 5.56 Å². The zero-order valence-electron chi connectivity index (χ0n) is 12.5. The van der Waals surface area contributed by atoms with Crippen LogP contribution in [0.15, 0.2) is 58.5 Å². The Bertz CT molecular complexity index is 842. The molecule has 1 aliphatic heterocycles. The van der Waals surface area contributed by atoms with Crippen LogP contribution < -0.4 is 10.6 Å². The molecule has 3 rings (SSSR count). The van der Waals surface area contributed by atoms with E-state index < -0.39 is 22.5 Å². The number of phenols is 1. The second-order valence-corrected chi connectivity index (χ2v) is 6.29. The van der Waals surface area contributed by atoms with Gasteiger partial charge in [-0.05, 0) is 18.2 Å². The van der Waals surface area contributed by atoms with E-state index in [9.17, 15) is 13.4 Å². The summed E-state index contributed by atoms with van der Waals surface area (Å²) in [5, 5.41) is 14.6. The minimum Gasteiger partial charge on any atom is -0.508 e. The molecule has 2 aromatic rings. The third-order valence-corrected chi connectivity index (χ3v) is 4.80. The second-order valence-electron chi connectivity index (χ2n) is 4.88. The van der Waals surface area contributed by atoms with Crippen LogP contribution in [0.5, 0.6) is 5.75 Å². The molecule has 1 atom stereocenters. The first-order valence-corrected chi connectivity index (χ1v) is 7.94. The number of nitrogens with one attached hydrogen (secondary N) is 2. The molecule has 1 amide bonds. The van der Waals surface area contributed by atoms with Crippen LogP contribution in [0.2, 0.25) is 0 Å².